The van der Waals surface area contributed by atoms with E-state index in [9.17, 15) is 28.2 Å². The molecule has 48 heavy (non-hydrogen) atoms. The minimum atomic E-state index is -5.11. The Morgan fingerprint density at radius 2 is 1.88 bits per heavy atom. The first kappa shape index (κ1) is 34.3. The molecule has 1 aromatic carbocycles. The number of carbonyl (C=O) groups is 1. The predicted octanol–water partition coefficient (Wildman–Crippen LogP) is 3.35. The molecule has 3 N–H and O–H groups in total. The number of fused-ring (bicyclic) bond motifs is 1. The van der Waals surface area contributed by atoms with Gasteiger partial charge in [-0.3, -0.25) is 4.79 Å². The lowest BCUT2D eigenvalue weighted by atomic mass is 10.1. The molecule has 1 aliphatic heterocycles. The van der Waals surface area contributed by atoms with Gasteiger partial charge >= 0.3 is 12.1 Å². The second-order valence-corrected chi connectivity index (χ2v) is 13.4. The summed E-state index contributed by atoms with van der Waals surface area (Å²) in [4.78, 5) is 31.7. The van der Waals surface area contributed by atoms with Crippen molar-refractivity contribution >= 4 is 28.8 Å². The zero-order valence-electron chi connectivity index (χ0n) is 27.6. The fourth-order valence-corrected chi connectivity index (χ4v) is 7.37. The van der Waals surface area contributed by atoms with E-state index in [2.05, 4.69) is 20.1 Å². The van der Waals surface area contributed by atoms with Gasteiger partial charge in [-0.2, -0.15) is 23.1 Å². The highest BCUT2D eigenvalue weighted by atomic mass is 19.4. The van der Waals surface area contributed by atoms with Gasteiger partial charge in [0.1, 0.15) is 12.2 Å². The zero-order chi connectivity index (χ0) is 34.2. The Morgan fingerprint density at radius 1 is 1.10 bits per heavy atom. The SMILES string of the molecule is CCCN(C(=O)C(F)(F)F)[C@H]1C[C@@H](n2cnc3c(N[C@@H]4CCC[C@H]4OCc4ccccc4)nc(N4CC[C@@H](N(C)C)C4)nc32)[C@H](O)[C@@H]1O. The summed E-state index contributed by atoms with van der Waals surface area (Å²) in [5.41, 5.74) is 1.91. The van der Waals surface area contributed by atoms with Crippen LogP contribution in [0.2, 0.25) is 0 Å². The fourth-order valence-electron chi connectivity index (χ4n) is 7.37. The lowest BCUT2D eigenvalue weighted by Gasteiger charge is -2.31. The van der Waals surface area contributed by atoms with Crippen LogP contribution in [0.4, 0.5) is 24.9 Å². The molecule has 1 saturated heterocycles. The van der Waals surface area contributed by atoms with E-state index in [1.165, 1.54) is 6.33 Å². The van der Waals surface area contributed by atoms with E-state index in [1.54, 1.807) is 11.5 Å². The van der Waals surface area contributed by atoms with E-state index < -0.39 is 36.4 Å². The van der Waals surface area contributed by atoms with E-state index in [0.29, 0.717) is 47.0 Å². The van der Waals surface area contributed by atoms with Crippen LogP contribution in [-0.2, 0) is 16.1 Å². The number of ether oxygens (including phenoxy) is 1. The number of nitrogens with one attached hydrogen (secondary N) is 1. The van der Waals surface area contributed by atoms with Crippen LogP contribution in [-0.4, -0.2) is 122 Å². The fraction of sp³-hybridized carbons (Fsp3) is 0.636. The molecule has 7 atom stereocenters. The molecule has 0 spiro atoms. The highest BCUT2D eigenvalue weighted by Crippen LogP contribution is 2.39. The number of aromatic nitrogens is 4. The minimum Gasteiger partial charge on any atom is -0.388 e. The third-order valence-corrected chi connectivity index (χ3v) is 10.0. The van der Waals surface area contributed by atoms with Crippen LogP contribution in [0.25, 0.3) is 11.2 Å². The highest BCUT2D eigenvalue weighted by molar-refractivity contribution is 5.85. The smallest absolute Gasteiger partial charge is 0.388 e. The Bertz CT molecular complexity index is 1560. The Kier molecular flexibility index (Phi) is 10.1. The second kappa shape index (κ2) is 14.1. The molecule has 3 aromatic rings. The molecule has 1 amide bonds. The van der Waals surface area contributed by atoms with E-state index in [0.717, 1.165) is 37.8 Å². The quantitative estimate of drug-likeness (QED) is 0.278. The van der Waals surface area contributed by atoms with Crippen LogP contribution < -0.4 is 10.2 Å². The number of hydrogen-bond acceptors (Lipinski definition) is 10. The van der Waals surface area contributed by atoms with Crippen molar-refractivity contribution in [3.05, 3.63) is 42.2 Å². The summed E-state index contributed by atoms with van der Waals surface area (Å²) in [7, 11) is 4.06. The molecule has 3 aliphatic rings. The minimum absolute atomic E-state index is 0.0443. The molecular formula is C33H45F3N8O4. The maximum absolute atomic E-state index is 13.5. The number of carbonyl (C=O) groups excluding carboxylic acids is 1. The summed E-state index contributed by atoms with van der Waals surface area (Å²) in [6.45, 7) is 3.37. The molecule has 6 rings (SSSR count). The maximum Gasteiger partial charge on any atom is 0.471 e. The van der Waals surface area contributed by atoms with Crippen molar-refractivity contribution in [3.8, 4) is 0 Å². The highest BCUT2D eigenvalue weighted by Gasteiger charge is 2.51. The number of alkyl halides is 3. The summed E-state index contributed by atoms with van der Waals surface area (Å²) in [6, 6.07) is 8.13. The Balaban J connectivity index is 1.32. The molecule has 2 aliphatic carbocycles. The first-order chi connectivity index (χ1) is 23.0. The molecule has 0 bridgehead atoms. The van der Waals surface area contributed by atoms with Gasteiger partial charge in [-0.25, -0.2) is 4.98 Å². The second-order valence-electron chi connectivity index (χ2n) is 13.4. The van der Waals surface area contributed by atoms with Gasteiger partial charge < -0.3 is 39.5 Å². The van der Waals surface area contributed by atoms with Gasteiger partial charge in [0.05, 0.1) is 37.2 Å². The largest absolute Gasteiger partial charge is 0.471 e. The third kappa shape index (κ3) is 6.96. The molecule has 3 fully saturated rings. The van der Waals surface area contributed by atoms with Gasteiger partial charge in [-0.1, -0.05) is 37.3 Å². The van der Waals surface area contributed by atoms with Crippen molar-refractivity contribution in [1.82, 2.24) is 29.3 Å². The van der Waals surface area contributed by atoms with Crippen molar-refractivity contribution in [3.63, 3.8) is 0 Å². The third-order valence-electron chi connectivity index (χ3n) is 10.0. The Labute approximate surface area is 277 Å². The molecule has 12 nitrogen and oxygen atoms in total. The molecule has 0 unspecified atom stereocenters. The number of hydrogen-bond donors (Lipinski definition) is 3. The Morgan fingerprint density at radius 3 is 2.56 bits per heavy atom. The summed E-state index contributed by atoms with van der Waals surface area (Å²) in [5.74, 6) is -1.05. The number of aliphatic hydroxyl groups is 2. The van der Waals surface area contributed by atoms with Gasteiger partial charge in [-0.05, 0) is 58.2 Å². The number of nitrogens with zero attached hydrogens (tertiary/aromatic N) is 7. The number of imidazole rings is 1. The number of halogens is 3. The molecule has 3 heterocycles. The lowest BCUT2D eigenvalue weighted by molar-refractivity contribution is -0.190. The first-order valence-corrected chi connectivity index (χ1v) is 16.8. The number of anilines is 2. The van der Waals surface area contributed by atoms with Crippen LogP contribution in [0, 0.1) is 0 Å². The lowest BCUT2D eigenvalue weighted by Crippen LogP contribution is -2.51. The van der Waals surface area contributed by atoms with Crippen LogP contribution in [0.3, 0.4) is 0 Å². The van der Waals surface area contributed by atoms with Gasteiger partial charge in [0.15, 0.2) is 17.0 Å². The summed E-state index contributed by atoms with van der Waals surface area (Å²) in [5, 5.41) is 25.8. The normalized spacial score (nSPS) is 27.8. The molecule has 2 aromatic heterocycles. The zero-order valence-corrected chi connectivity index (χ0v) is 27.6. The number of rotatable bonds is 11. The number of likely N-dealkylation sites (N-methyl/N-ethyl adjacent to an activating group) is 1. The standard InChI is InChI=1S/C33H45F3N8O4/c1-4-14-43(31(47)33(34,35)36)23-16-24(28(46)27(23)45)44-19-37-26-29(39-32(40-30(26)44)42-15-13-21(17-42)41(2)3)38-22-11-8-12-25(22)48-18-20-9-6-5-7-10-20/h5-7,9-10,19,21-25,27-28,45-46H,4,8,11-18H2,1-3H3,(H,38,39,40)/t21-,22-,23+,24-,25-,27-,28+/m1/s1. The summed E-state index contributed by atoms with van der Waals surface area (Å²) < 4.78 is 48.6. The van der Waals surface area contributed by atoms with Crippen molar-refractivity contribution < 1.29 is 32.9 Å². The van der Waals surface area contributed by atoms with Crippen LogP contribution >= 0.6 is 0 Å². The summed E-state index contributed by atoms with van der Waals surface area (Å²) >= 11 is 0. The van der Waals surface area contributed by atoms with E-state index in [-0.39, 0.29) is 31.5 Å². The maximum atomic E-state index is 13.5. The van der Waals surface area contributed by atoms with Crippen molar-refractivity contribution in [2.75, 3.05) is 43.9 Å². The molecular weight excluding hydrogens is 629 g/mol. The van der Waals surface area contributed by atoms with Gasteiger partial charge in [0, 0.05) is 25.7 Å². The van der Waals surface area contributed by atoms with Crippen LogP contribution in [0.15, 0.2) is 36.7 Å². The average molecular weight is 675 g/mol. The first-order valence-electron chi connectivity index (χ1n) is 16.8. The van der Waals surface area contributed by atoms with Crippen LogP contribution in [0.1, 0.15) is 57.1 Å². The van der Waals surface area contributed by atoms with Gasteiger partial charge in [0.25, 0.3) is 0 Å². The van der Waals surface area contributed by atoms with Crippen molar-refractivity contribution in [2.45, 2.75) is 101 Å². The summed E-state index contributed by atoms with van der Waals surface area (Å²) in [6.07, 6.45) is -2.95. The molecule has 2 saturated carbocycles. The monoisotopic (exact) mass is 674 g/mol. The average Bonchev–Trinajstić information content (AvgIpc) is 3.86. The van der Waals surface area contributed by atoms with Crippen molar-refractivity contribution in [2.24, 2.45) is 0 Å². The van der Waals surface area contributed by atoms with Gasteiger partial charge in [-0.15, -0.1) is 0 Å². The van der Waals surface area contributed by atoms with Crippen molar-refractivity contribution in [1.29, 1.82) is 0 Å². The molecule has 15 heteroatoms. The van der Waals surface area contributed by atoms with Crippen LogP contribution in [0.5, 0.6) is 0 Å². The number of benzene rings is 1. The van der Waals surface area contributed by atoms with Gasteiger partial charge in [0.2, 0.25) is 5.95 Å². The number of aliphatic hydroxyl groups excluding tert-OH is 2. The molecule has 262 valence electrons. The van der Waals surface area contributed by atoms with E-state index in [4.69, 9.17) is 14.7 Å². The topological polar surface area (TPSA) is 132 Å². The Hall–Kier alpha value is -3.53. The van der Waals surface area contributed by atoms with E-state index >= 15 is 0 Å². The molecule has 0 radical (unpaired) electrons. The van der Waals surface area contributed by atoms with E-state index in [1.807, 2.05) is 44.4 Å². The number of amides is 1. The predicted molar refractivity (Wildman–Crippen MR) is 173 cm³/mol.